The number of anilines is 1. The summed E-state index contributed by atoms with van der Waals surface area (Å²) in [6, 6.07) is 5.03. The van der Waals surface area contributed by atoms with Gasteiger partial charge in [-0.3, -0.25) is 9.59 Å². The molecule has 3 N–H and O–H groups in total. The molecular weight excluding hydrogens is 196 g/mol. The van der Waals surface area contributed by atoms with E-state index in [0.29, 0.717) is 11.4 Å². The molecule has 0 aliphatic rings. The molecule has 0 aliphatic heterocycles. The highest BCUT2D eigenvalue weighted by Gasteiger charge is 2.09. The zero-order valence-corrected chi connectivity index (χ0v) is 8.53. The highest BCUT2D eigenvalue weighted by Crippen LogP contribution is 2.21. The lowest BCUT2D eigenvalue weighted by Crippen LogP contribution is -2.29. The summed E-state index contributed by atoms with van der Waals surface area (Å²) in [7, 11) is 1.56. The Morgan fingerprint density at radius 2 is 2.07 bits per heavy atom. The number of aryl methyl sites for hydroxylation is 1. The Bertz CT molecular complexity index is 402. The normalized spacial score (nSPS) is 9.47. The molecule has 0 heterocycles. The van der Waals surface area contributed by atoms with Crippen molar-refractivity contribution < 1.29 is 14.3 Å². The average molecular weight is 208 g/mol. The van der Waals surface area contributed by atoms with Gasteiger partial charge in [-0.15, -0.1) is 0 Å². The molecule has 15 heavy (non-hydrogen) atoms. The maximum atomic E-state index is 11.0. The Morgan fingerprint density at radius 1 is 1.40 bits per heavy atom. The summed E-state index contributed by atoms with van der Waals surface area (Å²) in [6.07, 6.45) is 0. The standard InChI is InChI=1S/C10H12N2O3/c1-6-5-7(3-4-8(6)15-2)12-10(14)9(11)13/h3-5H,1-2H3,(H2,11,13)(H,12,14). The van der Waals surface area contributed by atoms with Gasteiger partial charge in [-0.1, -0.05) is 0 Å². The van der Waals surface area contributed by atoms with Gasteiger partial charge in [0.1, 0.15) is 5.75 Å². The number of carbonyl (C=O) groups excluding carboxylic acids is 2. The lowest BCUT2D eigenvalue weighted by atomic mass is 10.2. The van der Waals surface area contributed by atoms with Gasteiger partial charge in [0.25, 0.3) is 0 Å². The number of methoxy groups -OCH3 is 1. The molecule has 1 aromatic rings. The van der Waals surface area contributed by atoms with E-state index in [1.54, 1.807) is 25.3 Å². The van der Waals surface area contributed by atoms with Gasteiger partial charge in [-0.25, -0.2) is 0 Å². The van der Waals surface area contributed by atoms with Crippen LogP contribution in [0.2, 0.25) is 0 Å². The van der Waals surface area contributed by atoms with Gasteiger partial charge >= 0.3 is 11.8 Å². The minimum absolute atomic E-state index is 0.511. The quantitative estimate of drug-likeness (QED) is 0.691. The van der Waals surface area contributed by atoms with Crippen LogP contribution in [0.4, 0.5) is 5.69 Å². The molecule has 0 saturated carbocycles. The van der Waals surface area contributed by atoms with E-state index >= 15 is 0 Å². The summed E-state index contributed by atoms with van der Waals surface area (Å²) in [6.45, 7) is 1.83. The van der Waals surface area contributed by atoms with Crippen molar-refractivity contribution in [2.75, 3.05) is 12.4 Å². The summed E-state index contributed by atoms with van der Waals surface area (Å²) in [4.78, 5) is 21.5. The second-order valence-electron chi connectivity index (χ2n) is 3.00. The van der Waals surface area contributed by atoms with Crippen molar-refractivity contribution >= 4 is 17.5 Å². The largest absolute Gasteiger partial charge is 0.496 e. The lowest BCUT2D eigenvalue weighted by molar-refractivity contribution is -0.134. The van der Waals surface area contributed by atoms with E-state index in [4.69, 9.17) is 10.5 Å². The Hall–Kier alpha value is -2.04. The second-order valence-corrected chi connectivity index (χ2v) is 3.00. The maximum Gasteiger partial charge on any atom is 0.313 e. The molecule has 0 fully saturated rings. The number of hydrogen-bond donors (Lipinski definition) is 2. The number of ether oxygens (including phenoxy) is 1. The molecule has 0 saturated heterocycles. The van der Waals surface area contributed by atoms with Crippen LogP contribution in [0.25, 0.3) is 0 Å². The molecule has 5 heteroatoms. The molecule has 0 atom stereocenters. The fraction of sp³-hybridized carbons (Fsp3) is 0.200. The first kappa shape index (κ1) is 11.0. The van der Waals surface area contributed by atoms with E-state index < -0.39 is 11.8 Å². The predicted molar refractivity (Wildman–Crippen MR) is 55.6 cm³/mol. The topological polar surface area (TPSA) is 81.4 Å². The van der Waals surface area contributed by atoms with Crippen molar-refractivity contribution in [3.8, 4) is 5.75 Å². The lowest BCUT2D eigenvalue weighted by Gasteiger charge is -2.07. The maximum absolute atomic E-state index is 11.0. The monoisotopic (exact) mass is 208 g/mol. The molecule has 2 amide bonds. The van der Waals surface area contributed by atoms with Crippen molar-refractivity contribution in [3.63, 3.8) is 0 Å². The first-order valence-corrected chi connectivity index (χ1v) is 4.30. The van der Waals surface area contributed by atoms with Crippen LogP contribution in [0.15, 0.2) is 18.2 Å². The SMILES string of the molecule is COc1ccc(NC(=O)C(N)=O)cc1C. The molecular formula is C10H12N2O3. The van der Waals surface area contributed by atoms with E-state index in [2.05, 4.69) is 5.32 Å². The highest BCUT2D eigenvalue weighted by atomic mass is 16.5. The van der Waals surface area contributed by atoms with Crippen molar-refractivity contribution in [3.05, 3.63) is 23.8 Å². The summed E-state index contributed by atoms with van der Waals surface area (Å²) in [5.41, 5.74) is 6.17. The van der Waals surface area contributed by atoms with Crippen molar-refractivity contribution in [1.82, 2.24) is 0 Å². The Labute approximate surface area is 87.2 Å². The average Bonchev–Trinajstić information content (AvgIpc) is 2.18. The van der Waals surface area contributed by atoms with E-state index in [1.165, 1.54) is 0 Å². The van der Waals surface area contributed by atoms with Crippen LogP contribution in [0.3, 0.4) is 0 Å². The number of amides is 2. The summed E-state index contributed by atoms with van der Waals surface area (Å²) in [5, 5.41) is 2.36. The first-order valence-electron chi connectivity index (χ1n) is 4.30. The minimum atomic E-state index is -1.01. The number of hydrogen-bond acceptors (Lipinski definition) is 3. The number of carbonyl (C=O) groups is 2. The molecule has 80 valence electrons. The van der Waals surface area contributed by atoms with Crippen LogP contribution >= 0.6 is 0 Å². The zero-order valence-electron chi connectivity index (χ0n) is 8.53. The molecule has 0 unspecified atom stereocenters. The summed E-state index contributed by atoms with van der Waals surface area (Å²) >= 11 is 0. The number of rotatable bonds is 2. The van der Waals surface area contributed by atoms with Crippen LogP contribution in [0.5, 0.6) is 5.75 Å². The number of primary amides is 1. The van der Waals surface area contributed by atoms with Crippen molar-refractivity contribution in [2.24, 2.45) is 5.73 Å². The van der Waals surface area contributed by atoms with Gasteiger partial charge in [-0.2, -0.15) is 0 Å². The number of benzene rings is 1. The zero-order chi connectivity index (χ0) is 11.4. The molecule has 5 nitrogen and oxygen atoms in total. The minimum Gasteiger partial charge on any atom is -0.496 e. The van der Waals surface area contributed by atoms with Gasteiger partial charge in [0.05, 0.1) is 7.11 Å². The van der Waals surface area contributed by atoms with Gasteiger partial charge in [0.2, 0.25) is 0 Å². The molecule has 0 aliphatic carbocycles. The Morgan fingerprint density at radius 3 is 2.53 bits per heavy atom. The predicted octanol–water partition coefficient (Wildman–Crippen LogP) is 0.427. The number of nitrogens with one attached hydrogen (secondary N) is 1. The Kier molecular flexibility index (Phi) is 3.28. The van der Waals surface area contributed by atoms with E-state index in [-0.39, 0.29) is 0 Å². The van der Waals surface area contributed by atoms with Gasteiger partial charge in [0.15, 0.2) is 0 Å². The van der Waals surface area contributed by atoms with Crippen molar-refractivity contribution in [2.45, 2.75) is 6.92 Å². The molecule has 1 rings (SSSR count). The van der Waals surface area contributed by atoms with E-state index in [9.17, 15) is 9.59 Å². The third-order valence-corrected chi connectivity index (χ3v) is 1.88. The van der Waals surface area contributed by atoms with Crippen LogP contribution in [0, 0.1) is 6.92 Å². The molecule has 1 aromatic carbocycles. The molecule has 0 spiro atoms. The van der Waals surface area contributed by atoms with Crippen LogP contribution in [-0.4, -0.2) is 18.9 Å². The van der Waals surface area contributed by atoms with Crippen LogP contribution in [0.1, 0.15) is 5.56 Å². The number of nitrogens with two attached hydrogens (primary N) is 1. The molecule has 0 radical (unpaired) electrons. The third-order valence-electron chi connectivity index (χ3n) is 1.88. The van der Waals surface area contributed by atoms with Crippen molar-refractivity contribution in [1.29, 1.82) is 0 Å². The first-order chi connectivity index (χ1) is 7.04. The van der Waals surface area contributed by atoms with Crippen LogP contribution < -0.4 is 15.8 Å². The van der Waals surface area contributed by atoms with E-state index in [0.717, 1.165) is 5.56 Å². The fourth-order valence-corrected chi connectivity index (χ4v) is 1.15. The molecule has 0 aromatic heterocycles. The van der Waals surface area contributed by atoms with Gasteiger partial charge < -0.3 is 15.8 Å². The molecule has 0 bridgehead atoms. The van der Waals surface area contributed by atoms with Gasteiger partial charge in [-0.05, 0) is 30.7 Å². The van der Waals surface area contributed by atoms with Gasteiger partial charge in [0, 0.05) is 5.69 Å². The van der Waals surface area contributed by atoms with Crippen LogP contribution in [-0.2, 0) is 9.59 Å². The summed E-state index contributed by atoms with van der Waals surface area (Å²) < 4.78 is 5.05. The third kappa shape index (κ3) is 2.70. The smallest absolute Gasteiger partial charge is 0.313 e. The summed E-state index contributed by atoms with van der Waals surface area (Å²) in [5.74, 6) is -1.13. The Balaban J connectivity index is 2.84. The fourth-order valence-electron chi connectivity index (χ4n) is 1.15. The highest BCUT2D eigenvalue weighted by molar-refractivity contribution is 6.39. The van der Waals surface area contributed by atoms with E-state index in [1.807, 2.05) is 6.92 Å². The second kappa shape index (κ2) is 4.45.